The predicted molar refractivity (Wildman–Crippen MR) is 161 cm³/mol. The van der Waals surface area contributed by atoms with Crippen LogP contribution in [-0.4, -0.2) is 34.8 Å². The second-order valence-electron chi connectivity index (χ2n) is 10.8. The molecule has 1 aromatic heterocycles. The van der Waals surface area contributed by atoms with E-state index in [2.05, 4.69) is 35.4 Å². The van der Waals surface area contributed by atoms with E-state index in [4.69, 9.17) is 10.5 Å². The van der Waals surface area contributed by atoms with E-state index >= 15 is 0 Å². The van der Waals surface area contributed by atoms with Crippen LogP contribution >= 0.6 is 23.1 Å². The third-order valence-electron chi connectivity index (χ3n) is 7.08. The predicted octanol–water partition coefficient (Wildman–Crippen LogP) is 5.53. The van der Waals surface area contributed by atoms with E-state index in [0.717, 1.165) is 16.8 Å². The molecular weight excluding hydrogens is 557 g/mol. The number of anilines is 2. The molecule has 0 fully saturated rings. The van der Waals surface area contributed by atoms with Crippen LogP contribution in [0.25, 0.3) is 0 Å². The Kier molecular flexibility index (Phi) is 7.89. The van der Waals surface area contributed by atoms with Crippen molar-refractivity contribution in [2.24, 2.45) is 11.1 Å². The highest BCUT2D eigenvalue weighted by Gasteiger charge is 2.45. The summed E-state index contributed by atoms with van der Waals surface area (Å²) in [5, 5.41) is 22.2. The fraction of sp³-hybridized carbons (Fsp3) is 0.300. The van der Waals surface area contributed by atoms with Gasteiger partial charge in [-0.15, -0.1) is 10.2 Å². The number of aryl methyl sites for hydroxylation is 1. The number of ketones is 1. The number of nitriles is 1. The van der Waals surface area contributed by atoms with Gasteiger partial charge in [0, 0.05) is 23.4 Å². The van der Waals surface area contributed by atoms with Crippen LogP contribution in [0.5, 0.6) is 5.75 Å². The molecule has 11 heteroatoms. The lowest BCUT2D eigenvalue weighted by Crippen LogP contribution is -2.42. The number of carbonyl (C=O) groups is 2. The van der Waals surface area contributed by atoms with Crippen LogP contribution in [0.4, 0.5) is 10.8 Å². The van der Waals surface area contributed by atoms with Gasteiger partial charge in [0.25, 0.3) is 0 Å². The number of allylic oxidation sites excluding steroid dienone is 3. The lowest BCUT2D eigenvalue weighted by molar-refractivity contribution is -0.118. The van der Waals surface area contributed by atoms with Crippen molar-refractivity contribution in [2.75, 3.05) is 23.1 Å². The quantitative estimate of drug-likeness (QED) is 0.343. The van der Waals surface area contributed by atoms with Gasteiger partial charge in [0.15, 0.2) is 10.1 Å². The van der Waals surface area contributed by atoms with Gasteiger partial charge in [-0.25, -0.2) is 0 Å². The fourth-order valence-electron chi connectivity index (χ4n) is 5.17. The summed E-state index contributed by atoms with van der Waals surface area (Å²) >= 11 is 2.52. The maximum absolute atomic E-state index is 13.7. The highest BCUT2D eigenvalue weighted by atomic mass is 32.2. The molecule has 9 nitrogen and oxygen atoms in total. The zero-order valence-electron chi connectivity index (χ0n) is 23.2. The number of aromatic nitrogens is 2. The molecule has 0 bridgehead atoms. The number of nitrogens with two attached hydrogens (primary N) is 1. The topological polar surface area (TPSA) is 134 Å². The van der Waals surface area contributed by atoms with Gasteiger partial charge in [-0.1, -0.05) is 66.8 Å². The number of hydrogen-bond acceptors (Lipinski definition) is 10. The largest absolute Gasteiger partial charge is 0.497 e. The first-order chi connectivity index (χ1) is 19.6. The molecule has 2 heterocycles. The van der Waals surface area contributed by atoms with Crippen molar-refractivity contribution in [3.63, 3.8) is 0 Å². The Labute approximate surface area is 247 Å². The molecule has 0 spiro atoms. The van der Waals surface area contributed by atoms with Crippen molar-refractivity contribution in [1.82, 2.24) is 10.2 Å². The first kappa shape index (κ1) is 28.4. The minimum atomic E-state index is -0.543. The van der Waals surface area contributed by atoms with Crippen LogP contribution in [-0.2, 0) is 9.59 Å². The monoisotopic (exact) mass is 586 g/mol. The second-order valence-corrected chi connectivity index (χ2v) is 13.0. The summed E-state index contributed by atoms with van der Waals surface area (Å²) in [7, 11) is 1.59. The maximum Gasteiger partial charge on any atom is 0.234 e. The summed E-state index contributed by atoms with van der Waals surface area (Å²) in [6, 6.07) is 17.2. The molecule has 1 aliphatic heterocycles. The van der Waals surface area contributed by atoms with Crippen LogP contribution in [0.2, 0.25) is 0 Å². The second kappa shape index (κ2) is 11.4. The average molecular weight is 587 g/mol. The number of Topliss-reactive ketones (excluding diaryl/α,β-unsaturated/α-hetero) is 1. The van der Waals surface area contributed by atoms with Crippen molar-refractivity contribution in [1.29, 1.82) is 5.26 Å². The highest BCUT2D eigenvalue weighted by Crippen LogP contribution is 2.50. The van der Waals surface area contributed by atoms with E-state index in [1.54, 1.807) is 36.3 Å². The zero-order chi connectivity index (χ0) is 29.3. The minimum Gasteiger partial charge on any atom is -0.497 e. The van der Waals surface area contributed by atoms with Gasteiger partial charge in [-0.2, -0.15) is 5.26 Å². The van der Waals surface area contributed by atoms with Gasteiger partial charge in [0.05, 0.1) is 30.4 Å². The number of amides is 1. The maximum atomic E-state index is 13.7. The summed E-state index contributed by atoms with van der Waals surface area (Å²) in [5.74, 6) is 0.347. The lowest BCUT2D eigenvalue weighted by Gasteiger charge is -2.42. The van der Waals surface area contributed by atoms with E-state index < -0.39 is 5.92 Å². The number of thioether (sulfide) groups is 1. The average Bonchev–Trinajstić information content (AvgIpc) is 3.40. The summed E-state index contributed by atoms with van der Waals surface area (Å²) in [5.41, 5.74) is 10.7. The summed E-state index contributed by atoms with van der Waals surface area (Å²) in [6.07, 6.45) is 0.962. The molecule has 3 aromatic rings. The Balaban J connectivity index is 1.43. The highest BCUT2D eigenvalue weighted by molar-refractivity contribution is 8.01. The van der Waals surface area contributed by atoms with E-state index in [1.165, 1.54) is 23.1 Å². The number of methoxy groups -OCH3 is 1. The number of carbonyl (C=O) groups excluding carboxylic acids is 2. The SMILES string of the molecule is COc1ccc(NC(=O)CSc2nnc(N3C(N)=C(C#N)C(c4ccc(C)cc4)C4=C3CC(C)(C)CC4=O)s2)cc1. The van der Waals surface area contributed by atoms with Crippen molar-refractivity contribution in [3.8, 4) is 11.8 Å². The van der Waals surface area contributed by atoms with Gasteiger partial charge < -0.3 is 15.8 Å². The molecular formula is C30H30N6O3S2. The van der Waals surface area contributed by atoms with E-state index in [9.17, 15) is 14.9 Å². The van der Waals surface area contributed by atoms with E-state index in [1.807, 2.05) is 31.2 Å². The Bertz CT molecular complexity index is 1600. The third kappa shape index (κ3) is 5.85. The number of benzene rings is 2. The molecule has 5 rings (SSSR count). The number of hydrogen-bond donors (Lipinski definition) is 2. The van der Waals surface area contributed by atoms with E-state index in [0.29, 0.717) is 44.9 Å². The van der Waals surface area contributed by atoms with Crippen molar-refractivity contribution in [2.45, 2.75) is 43.9 Å². The number of ether oxygens (including phenoxy) is 1. The Morgan fingerprint density at radius 1 is 1.20 bits per heavy atom. The molecule has 2 aliphatic rings. The van der Waals surface area contributed by atoms with Gasteiger partial charge in [-0.05, 0) is 48.6 Å². The molecule has 0 radical (unpaired) electrons. The molecule has 1 atom stereocenters. The molecule has 0 saturated carbocycles. The van der Waals surface area contributed by atoms with Gasteiger partial charge in [0.1, 0.15) is 11.6 Å². The molecule has 3 N–H and O–H groups in total. The molecule has 210 valence electrons. The lowest BCUT2D eigenvalue weighted by atomic mass is 9.68. The van der Waals surface area contributed by atoms with Crippen LogP contribution in [0.15, 0.2) is 75.5 Å². The molecule has 1 amide bonds. The smallest absolute Gasteiger partial charge is 0.234 e. The fourth-order valence-corrected chi connectivity index (χ4v) is 6.85. The molecule has 41 heavy (non-hydrogen) atoms. The number of nitrogens with one attached hydrogen (secondary N) is 1. The Hall–Kier alpha value is -4.14. The number of nitrogens with zero attached hydrogens (tertiary/aromatic N) is 4. The first-order valence-electron chi connectivity index (χ1n) is 13.0. The van der Waals surface area contributed by atoms with Crippen LogP contribution < -0.4 is 20.7 Å². The summed E-state index contributed by atoms with van der Waals surface area (Å²) in [6.45, 7) is 6.10. The standard InChI is InChI=1S/C30H30N6O3S2/c1-17-5-7-18(8-6-17)25-21(15-31)27(32)36(22-13-30(2,3)14-23(37)26(22)25)28-34-35-29(41-28)40-16-24(38)33-19-9-11-20(39-4)12-10-19/h5-12,25H,13-14,16,32H2,1-4H3,(H,33,38). The van der Waals surface area contributed by atoms with Crippen LogP contribution in [0.3, 0.4) is 0 Å². The minimum absolute atomic E-state index is 0.00129. The van der Waals surface area contributed by atoms with Crippen molar-refractivity contribution >= 4 is 45.6 Å². The number of rotatable bonds is 7. The molecule has 1 aliphatic carbocycles. The Morgan fingerprint density at radius 2 is 1.90 bits per heavy atom. The Morgan fingerprint density at radius 3 is 2.56 bits per heavy atom. The van der Waals surface area contributed by atoms with Crippen molar-refractivity contribution < 1.29 is 14.3 Å². The van der Waals surface area contributed by atoms with Crippen LogP contribution in [0.1, 0.15) is 43.7 Å². The van der Waals surface area contributed by atoms with Gasteiger partial charge >= 0.3 is 0 Å². The van der Waals surface area contributed by atoms with Crippen LogP contribution in [0, 0.1) is 23.7 Å². The molecule has 1 unspecified atom stereocenters. The summed E-state index contributed by atoms with van der Waals surface area (Å²) in [4.78, 5) is 27.9. The van der Waals surface area contributed by atoms with Gasteiger partial charge in [-0.3, -0.25) is 14.5 Å². The van der Waals surface area contributed by atoms with Crippen molar-refractivity contribution in [3.05, 3.63) is 82.3 Å². The zero-order valence-corrected chi connectivity index (χ0v) is 24.9. The third-order valence-corrected chi connectivity index (χ3v) is 9.12. The molecule has 2 aromatic carbocycles. The van der Waals surface area contributed by atoms with E-state index in [-0.39, 0.29) is 28.7 Å². The van der Waals surface area contributed by atoms with Gasteiger partial charge in [0.2, 0.25) is 11.0 Å². The molecule has 0 saturated heterocycles. The first-order valence-corrected chi connectivity index (χ1v) is 14.8. The summed E-state index contributed by atoms with van der Waals surface area (Å²) < 4.78 is 5.72. The normalized spacial score (nSPS) is 18.2.